The summed E-state index contributed by atoms with van der Waals surface area (Å²) in [6, 6.07) is 0. The Balaban J connectivity index is 3.18. The van der Waals surface area contributed by atoms with E-state index >= 15 is 0 Å². The fourth-order valence-electron chi connectivity index (χ4n) is 1.24. The third-order valence-electron chi connectivity index (χ3n) is 2.08. The molecule has 0 aliphatic rings. The topological polar surface area (TPSA) is 48.4 Å². The summed E-state index contributed by atoms with van der Waals surface area (Å²) in [5.41, 5.74) is 1.00. The second-order valence-electron chi connectivity index (χ2n) is 3.32. The highest BCUT2D eigenvalue weighted by molar-refractivity contribution is 14.1. The van der Waals surface area contributed by atoms with Crippen LogP contribution in [-0.2, 0) is 21.3 Å². The third-order valence-corrected chi connectivity index (χ3v) is 3.80. The molecule has 0 aliphatic heterocycles. The van der Waals surface area contributed by atoms with E-state index in [1.807, 2.05) is 0 Å². The van der Waals surface area contributed by atoms with Crippen molar-refractivity contribution >= 4 is 44.5 Å². The molecule has 4 nitrogen and oxygen atoms in total. The molecule has 0 radical (unpaired) electrons. The van der Waals surface area contributed by atoms with E-state index in [1.54, 1.807) is 22.6 Å². The number of carbonyl (C=O) groups is 1. The van der Waals surface area contributed by atoms with E-state index in [9.17, 15) is 18.0 Å². The number of aromatic nitrogens is 1. The van der Waals surface area contributed by atoms with Crippen molar-refractivity contribution in [3.63, 3.8) is 0 Å². The van der Waals surface area contributed by atoms with Crippen LogP contribution in [0.4, 0.5) is 13.2 Å². The number of halogens is 5. The van der Waals surface area contributed by atoms with Crippen LogP contribution in [0.1, 0.15) is 11.1 Å². The lowest BCUT2D eigenvalue weighted by atomic mass is 10.1. The molecule has 19 heavy (non-hydrogen) atoms. The lowest BCUT2D eigenvalue weighted by Crippen LogP contribution is -2.20. The summed E-state index contributed by atoms with van der Waals surface area (Å²) in [7, 11) is 1.21. The van der Waals surface area contributed by atoms with E-state index in [1.165, 1.54) is 13.3 Å². The van der Waals surface area contributed by atoms with Gasteiger partial charge >= 0.3 is 12.3 Å². The first-order valence-electron chi connectivity index (χ1n) is 4.83. The van der Waals surface area contributed by atoms with Crippen molar-refractivity contribution < 1.29 is 27.4 Å². The molecule has 0 N–H and O–H groups in total. The van der Waals surface area contributed by atoms with Gasteiger partial charge in [-0.25, -0.2) is 4.98 Å². The van der Waals surface area contributed by atoms with Gasteiger partial charge in [0.25, 0.3) is 0 Å². The van der Waals surface area contributed by atoms with Crippen molar-refractivity contribution in [2.45, 2.75) is 18.1 Å². The van der Waals surface area contributed by atoms with Crippen molar-refractivity contribution in [2.75, 3.05) is 7.11 Å². The molecule has 106 valence electrons. The van der Waals surface area contributed by atoms with Crippen molar-refractivity contribution in [1.29, 1.82) is 0 Å². The van der Waals surface area contributed by atoms with Gasteiger partial charge < -0.3 is 9.47 Å². The lowest BCUT2D eigenvalue weighted by Gasteiger charge is -2.14. The normalized spacial score (nSPS) is 11.3. The summed E-state index contributed by atoms with van der Waals surface area (Å²) in [5.74, 6) is -1.12. The monoisotopic (exact) mass is 453 g/mol. The molecule has 9 heteroatoms. The minimum atomic E-state index is -4.83. The minimum Gasteiger partial charge on any atom is -0.469 e. The number of ether oxygens (including phenoxy) is 2. The van der Waals surface area contributed by atoms with Gasteiger partial charge in [0.2, 0.25) is 5.88 Å². The number of hydrogen-bond donors (Lipinski definition) is 0. The zero-order chi connectivity index (χ0) is 14.6. The SMILES string of the molecule is COC(=O)Cc1c(CBr)cnc(OC(F)(F)F)c1I. The Morgan fingerprint density at radius 3 is 2.63 bits per heavy atom. The number of rotatable bonds is 4. The van der Waals surface area contributed by atoms with Gasteiger partial charge in [-0.05, 0) is 33.7 Å². The number of methoxy groups -OCH3 is 1. The van der Waals surface area contributed by atoms with Gasteiger partial charge in [-0.3, -0.25) is 4.79 Å². The van der Waals surface area contributed by atoms with E-state index in [0.717, 1.165) is 0 Å². The first kappa shape index (κ1) is 16.5. The predicted molar refractivity (Wildman–Crippen MR) is 72.0 cm³/mol. The molecule has 0 saturated heterocycles. The number of nitrogens with zero attached hydrogens (tertiary/aromatic N) is 1. The van der Waals surface area contributed by atoms with Crippen molar-refractivity contribution in [3.8, 4) is 5.88 Å². The minimum absolute atomic E-state index is 0.136. The van der Waals surface area contributed by atoms with Gasteiger partial charge in [0, 0.05) is 11.5 Å². The fraction of sp³-hybridized carbons (Fsp3) is 0.400. The van der Waals surface area contributed by atoms with Crippen molar-refractivity contribution in [1.82, 2.24) is 4.98 Å². The first-order valence-corrected chi connectivity index (χ1v) is 7.03. The highest BCUT2D eigenvalue weighted by atomic mass is 127. The van der Waals surface area contributed by atoms with Crippen LogP contribution < -0.4 is 4.74 Å². The summed E-state index contributed by atoms with van der Waals surface area (Å²) in [6.07, 6.45) is -3.74. The predicted octanol–water partition coefficient (Wildman–Crippen LogP) is 3.20. The Kier molecular flexibility index (Phi) is 5.83. The summed E-state index contributed by atoms with van der Waals surface area (Å²) in [6.45, 7) is 0. The lowest BCUT2D eigenvalue weighted by molar-refractivity contribution is -0.276. The molecular formula is C10H8BrF3INO3. The van der Waals surface area contributed by atoms with E-state index in [4.69, 9.17) is 0 Å². The largest absolute Gasteiger partial charge is 0.574 e. The fourth-order valence-corrected chi connectivity index (χ4v) is 2.51. The van der Waals surface area contributed by atoms with Crippen LogP contribution in [0.3, 0.4) is 0 Å². The maximum absolute atomic E-state index is 12.2. The van der Waals surface area contributed by atoms with Gasteiger partial charge in [0.05, 0.1) is 17.1 Å². The highest BCUT2D eigenvalue weighted by Crippen LogP contribution is 2.30. The molecule has 0 bridgehead atoms. The van der Waals surface area contributed by atoms with Gasteiger partial charge in [-0.1, -0.05) is 15.9 Å². The molecule has 0 aliphatic carbocycles. The van der Waals surface area contributed by atoms with Crippen LogP contribution in [0, 0.1) is 3.57 Å². The van der Waals surface area contributed by atoms with Crippen molar-refractivity contribution in [3.05, 3.63) is 20.9 Å². The van der Waals surface area contributed by atoms with E-state index in [-0.39, 0.29) is 9.99 Å². The molecule has 1 aromatic rings. The molecule has 0 fully saturated rings. The van der Waals surface area contributed by atoms with Gasteiger partial charge in [-0.2, -0.15) is 0 Å². The molecule has 0 spiro atoms. The summed E-state index contributed by atoms with van der Waals surface area (Å²) < 4.78 is 45.0. The maximum Gasteiger partial charge on any atom is 0.574 e. The van der Waals surface area contributed by atoms with Gasteiger partial charge in [-0.15, -0.1) is 13.2 Å². The van der Waals surface area contributed by atoms with Gasteiger partial charge in [0.1, 0.15) is 0 Å². The number of pyridine rings is 1. The van der Waals surface area contributed by atoms with Crippen LogP contribution >= 0.6 is 38.5 Å². The molecule has 0 atom stereocenters. The van der Waals surface area contributed by atoms with Crippen LogP contribution in [0.5, 0.6) is 5.88 Å². The van der Waals surface area contributed by atoms with Gasteiger partial charge in [0.15, 0.2) is 0 Å². The Morgan fingerprint density at radius 1 is 1.53 bits per heavy atom. The highest BCUT2D eigenvalue weighted by Gasteiger charge is 2.33. The average molecular weight is 454 g/mol. The summed E-state index contributed by atoms with van der Waals surface area (Å²) >= 11 is 4.85. The number of carbonyl (C=O) groups excluding carboxylic acids is 1. The third kappa shape index (κ3) is 4.79. The molecule has 1 rings (SSSR count). The molecule has 1 heterocycles. The zero-order valence-corrected chi connectivity index (χ0v) is 13.3. The van der Waals surface area contributed by atoms with Crippen LogP contribution in [0.25, 0.3) is 0 Å². The molecular weight excluding hydrogens is 446 g/mol. The Bertz CT molecular complexity index is 482. The molecule has 0 unspecified atom stereocenters. The second-order valence-corrected chi connectivity index (χ2v) is 4.95. The number of alkyl halides is 4. The summed E-state index contributed by atoms with van der Waals surface area (Å²) in [4.78, 5) is 14.9. The van der Waals surface area contributed by atoms with E-state index in [2.05, 4.69) is 30.4 Å². The standard InChI is InChI=1S/C10H8BrF3INO3/c1-18-7(17)2-6-5(3-11)4-16-9(8(6)15)19-10(12,13)14/h4H,2-3H2,1H3. The second kappa shape index (κ2) is 6.73. The van der Waals surface area contributed by atoms with E-state index in [0.29, 0.717) is 16.5 Å². The first-order chi connectivity index (χ1) is 8.78. The van der Waals surface area contributed by atoms with E-state index < -0.39 is 18.2 Å². The molecule has 0 saturated carbocycles. The maximum atomic E-state index is 12.2. The Morgan fingerprint density at radius 2 is 2.16 bits per heavy atom. The zero-order valence-electron chi connectivity index (χ0n) is 9.55. The quantitative estimate of drug-likeness (QED) is 0.399. The Hall–Kier alpha value is -0.580. The number of hydrogen-bond acceptors (Lipinski definition) is 4. The van der Waals surface area contributed by atoms with Crippen LogP contribution in [0.15, 0.2) is 6.20 Å². The average Bonchev–Trinajstić information content (AvgIpc) is 2.32. The molecule has 0 amide bonds. The smallest absolute Gasteiger partial charge is 0.469 e. The number of esters is 1. The molecule has 0 aromatic carbocycles. The van der Waals surface area contributed by atoms with Crippen LogP contribution in [0.2, 0.25) is 0 Å². The van der Waals surface area contributed by atoms with Crippen molar-refractivity contribution in [2.24, 2.45) is 0 Å². The van der Waals surface area contributed by atoms with Crippen LogP contribution in [-0.4, -0.2) is 24.4 Å². The molecule has 1 aromatic heterocycles. The summed E-state index contributed by atoms with van der Waals surface area (Å²) in [5, 5.41) is 0.356. The Labute approximate surface area is 128 Å².